The molecule has 2 aliphatic rings. The zero-order valence-electron chi connectivity index (χ0n) is 11.4. The van der Waals surface area contributed by atoms with Crippen molar-refractivity contribution in [3.63, 3.8) is 0 Å². The summed E-state index contributed by atoms with van der Waals surface area (Å²) in [5.74, 6) is 0.270. The van der Waals surface area contributed by atoms with Gasteiger partial charge in [0.05, 0.1) is 6.10 Å². The van der Waals surface area contributed by atoms with Crippen molar-refractivity contribution >= 4 is 5.91 Å². The second kappa shape index (κ2) is 6.37. The lowest BCUT2D eigenvalue weighted by atomic mass is 9.96. The zero-order chi connectivity index (χ0) is 13.0. The summed E-state index contributed by atoms with van der Waals surface area (Å²) in [5, 5.41) is 9.48. The van der Waals surface area contributed by atoms with Gasteiger partial charge >= 0.3 is 0 Å². The summed E-state index contributed by atoms with van der Waals surface area (Å²) in [4.78, 5) is 14.3. The number of aliphatic hydroxyl groups is 1. The molecule has 0 unspecified atom stereocenters. The zero-order valence-corrected chi connectivity index (χ0v) is 11.4. The van der Waals surface area contributed by atoms with Crippen LogP contribution in [0.25, 0.3) is 0 Å². The van der Waals surface area contributed by atoms with Crippen LogP contribution in [0.3, 0.4) is 0 Å². The number of aliphatic hydroxyl groups excluding tert-OH is 1. The molecule has 1 saturated heterocycles. The first kappa shape index (κ1) is 13.6. The lowest BCUT2D eigenvalue weighted by Crippen LogP contribution is -2.37. The van der Waals surface area contributed by atoms with E-state index in [1.165, 1.54) is 18.4 Å². The number of hydrogen-bond donors (Lipinski definition) is 1. The Morgan fingerprint density at radius 3 is 3.00 bits per heavy atom. The SMILES string of the molecule is C[C@H](O)C[C@@H]1CCCN1C(=O)CC1=CCCCC1. The third-order valence-corrected chi connectivity index (χ3v) is 4.07. The number of amides is 1. The summed E-state index contributed by atoms with van der Waals surface area (Å²) in [7, 11) is 0. The fourth-order valence-corrected chi connectivity index (χ4v) is 3.16. The van der Waals surface area contributed by atoms with Crippen molar-refractivity contribution in [1.82, 2.24) is 4.90 Å². The van der Waals surface area contributed by atoms with Gasteiger partial charge < -0.3 is 10.0 Å². The van der Waals surface area contributed by atoms with Crippen molar-refractivity contribution in [3.8, 4) is 0 Å². The van der Waals surface area contributed by atoms with Crippen molar-refractivity contribution < 1.29 is 9.90 Å². The Balaban J connectivity index is 1.89. The monoisotopic (exact) mass is 251 g/mol. The van der Waals surface area contributed by atoms with E-state index in [4.69, 9.17) is 0 Å². The highest BCUT2D eigenvalue weighted by atomic mass is 16.3. The van der Waals surface area contributed by atoms with Crippen molar-refractivity contribution in [3.05, 3.63) is 11.6 Å². The van der Waals surface area contributed by atoms with E-state index in [1.54, 1.807) is 0 Å². The molecule has 0 spiro atoms. The Labute approximate surface area is 110 Å². The Bertz CT molecular complexity index is 322. The van der Waals surface area contributed by atoms with Gasteiger partial charge in [0.25, 0.3) is 0 Å². The van der Waals surface area contributed by atoms with Gasteiger partial charge in [-0.1, -0.05) is 11.6 Å². The molecule has 2 rings (SSSR count). The number of likely N-dealkylation sites (tertiary alicyclic amines) is 1. The van der Waals surface area contributed by atoms with E-state index in [1.807, 2.05) is 11.8 Å². The maximum atomic E-state index is 12.3. The minimum atomic E-state index is -0.308. The van der Waals surface area contributed by atoms with E-state index in [0.29, 0.717) is 6.42 Å². The van der Waals surface area contributed by atoms with Crippen molar-refractivity contribution in [1.29, 1.82) is 0 Å². The molecule has 0 aromatic heterocycles. The van der Waals surface area contributed by atoms with Gasteiger partial charge in [-0.25, -0.2) is 0 Å². The van der Waals surface area contributed by atoms with E-state index in [9.17, 15) is 9.90 Å². The molecule has 0 saturated carbocycles. The topological polar surface area (TPSA) is 40.5 Å². The minimum absolute atomic E-state index is 0.265. The van der Waals surface area contributed by atoms with Crippen LogP contribution in [0, 0.1) is 0 Å². The Morgan fingerprint density at radius 2 is 2.33 bits per heavy atom. The number of allylic oxidation sites excluding steroid dienone is 1. The predicted octanol–water partition coefficient (Wildman–Crippen LogP) is 2.64. The molecule has 0 aromatic carbocycles. The van der Waals surface area contributed by atoms with E-state index < -0.39 is 0 Å². The molecule has 102 valence electrons. The molecule has 0 bridgehead atoms. The van der Waals surface area contributed by atoms with Gasteiger partial charge in [-0.2, -0.15) is 0 Å². The van der Waals surface area contributed by atoms with Gasteiger partial charge in [0.2, 0.25) is 5.91 Å². The second-order valence-electron chi connectivity index (χ2n) is 5.75. The molecule has 1 aliphatic heterocycles. The molecule has 1 fully saturated rings. The smallest absolute Gasteiger partial charge is 0.226 e. The number of carbonyl (C=O) groups excluding carboxylic acids is 1. The van der Waals surface area contributed by atoms with E-state index in [2.05, 4.69) is 6.08 Å². The number of carbonyl (C=O) groups is 1. The Morgan fingerprint density at radius 1 is 1.50 bits per heavy atom. The van der Waals surface area contributed by atoms with Gasteiger partial charge in [0, 0.05) is 19.0 Å². The quantitative estimate of drug-likeness (QED) is 0.780. The summed E-state index contributed by atoms with van der Waals surface area (Å²) < 4.78 is 0. The van der Waals surface area contributed by atoms with Crippen LogP contribution in [0.4, 0.5) is 0 Å². The highest BCUT2D eigenvalue weighted by molar-refractivity contribution is 5.79. The number of hydrogen-bond acceptors (Lipinski definition) is 2. The van der Waals surface area contributed by atoms with Crippen molar-refractivity contribution in [2.45, 2.75) is 70.4 Å². The normalized spacial score (nSPS) is 26.0. The summed E-state index contributed by atoms with van der Waals surface area (Å²) >= 11 is 0. The molecule has 1 heterocycles. The Hall–Kier alpha value is -0.830. The maximum Gasteiger partial charge on any atom is 0.226 e. The van der Waals surface area contributed by atoms with Gasteiger partial charge in [0.15, 0.2) is 0 Å². The first-order chi connectivity index (χ1) is 8.66. The highest BCUT2D eigenvalue weighted by Crippen LogP contribution is 2.26. The molecule has 1 aliphatic carbocycles. The maximum absolute atomic E-state index is 12.3. The van der Waals surface area contributed by atoms with Crippen molar-refractivity contribution in [2.24, 2.45) is 0 Å². The van der Waals surface area contributed by atoms with Crippen molar-refractivity contribution in [2.75, 3.05) is 6.54 Å². The second-order valence-corrected chi connectivity index (χ2v) is 5.75. The molecule has 3 heteroatoms. The average Bonchev–Trinajstić information content (AvgIpc) is 2.77. The van der Waals surface area contributed by atoms with Crippen LogP contribution in [-0.2, 0) is 4.79 Å². The fraction of sp³-hybridized carbons (Fsp3) is 0.800. The van der Waals surface area contributed by atoms with Crippen LogP contribution in [0.2, 0.25) is 0 Å². The van der Waals surface area contributed by atoms with Crippen LogP contribution in [0.15, 0.2) is 11.6 Å². The van der Waals surface area contributed by atoms with Gasteiger partial charge in [-0.3, -0.25) is 4.79 Å². The summed E-state index contributed by atoms with van der Waals surface area (Å²) in [5.41, 5.74) is 1.33. The molecule has 2 atom stereocenters. The van der Waals surface area contributed by atoms with E-state index in [-0.39, 0.29) is 18.1 Å². The van der Waals surface area contributed by atoms with Crippen LogP contribution < -0.4 is 0 Å². The van der Waals surface area contributed by atoms with Crippen LogP contribution in [-0.4, -0.2) is 34.6 Å². The largest absolute Gasteiger partial charge is 0.393 e. The number of rotatable bonds is 4. The molecular formula is C15H25NO2. The molecule has 1 amide bonds. The van der Waals surface area contributed by atoms with Crippen LogP contribution >= 0.6 is 0 Å². The molecule has 1 N–H and O–H groups in total. The predicted molar refractivity (Wildman–Crippen MR) is 72.2 cm³/mol. The Kier molecular flexibility index (Phi) is 4.81. The number of nitrogens with zero attached hydrogens (tertiary/aromatic N) is 1. The van der Waals surface area contributed by atoms with E-state index in [0.717, 1.165) is 38.6 Å². The minimum Gasteiger partial charge on any atom is -0.393 e. The molecule has 0 radical (unpaired) electrons. The fourth-order valence-electron chi connectivity index (χ4n) is 3.16. The third-order valence-electron chi connectivity index (χ3n) is 4.07. The van der Waals surface area contributed by atoms with Gasteiger partial charge in [0.1, 0.15) is 0 Å². The van der Waals surface area contributed by atoms with Gasteiger partial charge in [-0.05, 0) is 51.9 Å². The summed E-state index contributed by atoms with van der Waals surface area (Å²) in [6, 6.07) is 0.265. The highest BCUT2D eigenvalue weighted by Gasteiger charge is 2.29. The molecular weight excluding hydrogens is 226 g/mol. The first-order valence-corrected chi connectivity index (χ1v) is 7.32. The third kappa shape index (κ3) is 3.58. The molecule has 0 aromatic rings. The van der Waals surface area contributed by atoms with Gasteiger partial charge in [-0.15, -0.1) is 0 Å². The van der Waals surface area contributed by atoms with E-state index >= 15 is 0 Å². The first-order valence-electron chi connectivity index (χ1n) is 7.32. The average molecular weight is 251 g/mol. The standard InChI is InChI=1S/C15H25NO2/c1-12(17)10-14-8-5-9-16(14)15(18)11-13-6-3-2-4-7-13/h6,12,14,17H,2-5,7-11H2,1H3/t12-,14-/m0/s1. The molecule has 18 heavy (non-hydrogen) atoms. The summed E-state index contributed by atoms with van der Waals surface area (Å²) in [6.45, 7) is 2.69. The summed E-state index contributed by atoms with van der Waals surface area (Å²) in [6.07, 6.45) is 10.2. The lowest BCUT2D eigenvalue weighted by molar-refractivity contribution is -0.131. The van der Waals surface area contributed by atoms with Crippen LogP contribution in [0.5, 0.6) is 0 Å². The lowest BCUT2D eigenvalue weighted by Gasteiger charge is -2.26. The molecule has 3 nitrogen and oxygen atoms in total. The van der Waals surface area contributed by atoms with Crippen LogP contribution in [0.1, 0.15) is 58.3 Å².